The highest BCUT2D eigenvalue weighted by atomic mass is 79.9. The molecule has 4 rings (SSSR count). The van der Waals surface area contributed by atoms with Gasteiger partial charge in [-0.25, -0.2) is 9.98 Å². The molecule has 8 heteroatoms. The summed E-state index contributed by atoms with van der Waals surface area (Å²) in [6, 6.07) is 7.62. The second-order valence-electron chi connectivity index (χ2n) is 5.11. The number of nitrogens with zero attached hydrogens (tertiary/aromatic N) is 2. The van der Waals surface area contributed by atoms with Crippen molar-refractivity contribution in [3.63, 3.8) is 0 Å². The summed E-state index contributed by atoms with van der Waals surface area (Å²) in [5, 5.41) is 0. The van der Waals surface area contributed by atoms with Crippen LogP contribution in [0.4, 0.5) is 0 Å². The summed E-state index contributed by atoms with van der Waals surface area (Å²) in [7, 11) is 0. The van der Waals surface area contributed by atoms with Crippen LogP contribution in [-0.4, -0.2) is 23.7 Å². The van der Waals surface area contributed by atoms with Crippen LogP contribution in [-0.2, 0) is 10.3 Å². The molecule has 0 amide bonds. The molecule has 6 nitrogen and oxygen atoms in total. The van der Waals surface area contributed by atoms with Gasteiger partial charge in [0.25, 0.3) is 6.02 Å². The van der Waals surface area contributed by atoms with Crippen molar-refractivity contribution in [1.82, 2.24) is 4.98 Å². The Balaban J connectivity index is 1.96. The molecule has 3 heterocycles. The van der Waals surface area contributed by atoms with E-state index in [0.717, 1.165) is 15.6 Å². The number of benzene rings is 1. The van der Waals surface area contributed by atoms with E-state index in [1.165, 1.54) is 0 Å². The number of aliphatic imine (C=N–C) groups is 1. The van der Waals surface area contributed by atoms with Crippen LogP contribution in [0.3, 0.4) is 0 Å². The SMILES string of the molecule is NC1=N[C@@]2(CO1)c1cc(Br)ccc1Oc1cnc(OCCl)cc12. The zero-order valence-corrected chi connectivity index (χ0v) is 14.1. The molecule has 2 N–H and O–H groups in total. The number of hydrogen-bond acceptors (Lipinski definition) is 6. The Kier molecular flexibility index (Phi) is 3.35. The number of ether oxygens (including phenoxy) is 3. The molecule has 0 bridgehead atoms. The maximum atomic E-state index is 5.95. The molecule has 1 spiro atoms. The van der Waals surface area contributed by atoms with E-state index in [-0.39, 0.29) is 18.7 Å². The van der Waals surface area contributed by atoms with Gasteiger partial charge in [-0.3, -0.25) is 0 Å². The fraction of sp³-hybridized carbons (Fsp3) is 0.200. The van der Waals surface area contributed by atoms with Gasteiger partial charge in [0.2, 0.25) is 5.88 Å². The predicted molar refractivity (Wildman–Crippen MR) is 88.2 cm³/mol. The Hall–Kier alpha value is -1.99. The molecule has 1 atom stereocenters. The summed E-state index contributed by atoms with van der Waals surface area (Å²) in [6.07, 6.45) is 1.59. The number of alkyl halides is 1. The lowest BCUT2D eigenvalue weighted by molar-refractivity contribution is 0.263. The average molecular weight is 397 g/mol. The number of rotatable bonds is 2. The van der Waals surface area contributed by atoms with Gasteiger partial charge >= 0.3 is 0 Å². The predicted octanol–water partition coefficient (Wildman–Crippen LogP) is 3.11. The molecule has 0 saturated carbocycles. The molecule has 2 aliphatic rings. The molecular weight excluding hydrogens is 386 g/mol. The van der Waals surface area contributed by atoms with Gasteiger partial charge in [0, 0.05) is 21.7 Å². The van der Waals surface area contributed by atoms with Crippen LogP contribution < -0.4 is 15.2 Å². The van der Waals surface area contributed by atoms with Gasteiger partial charge < -0.3 is 19.9 Å². The Bertz CT molecular complexity index is 830. The van der Waals surface area contributed by atoms with Crippen molar-refractivity contribution in [3.8, 4) is 17.4 Å². The van der Waals surface area contributed by atoms with Gasteiger partial charge in [-0.15, -0.1) is 0 Å². The summed E-state index contributed by atoms with van der Waals surface area (Å²) in [6.45, 7) is 0.281. The first kappa shape index (κ1) is 14.6. The highest BCUT2D eigenvalue weighted by molar-refractivity contribution is 9.10. The van der Waals surface area contributed by atoms with Crippen LogP contribution in [0.1, 0.15) is 11.1 Å². The van der Waals surface area contributed by atoms with E-state index in [9.17, 15) is 0 Å². The summed E-state index contributed by atoms with van der Waals surface area (Å²) >= 11 is 9.11. The third-order valence-electron chi connectivity index (χ3n) is 3.83. The standard InChI is InChI=1S/C15H11BrClN3O3/c16-8-1-2-11-9(3-8)15(6-21-14(18)20-15)10-4-13(22-7-17)19-5-12(10)23-11/h1-5H,6-7H2,(H2,18,20)/t15-/m0/s1. The van der Waals surface area contributed by atoms with Crippen LogP contribution in [0.5, 0.6) is 17.4 Å². The molecule has 1 aromatic carbocycles. The molecule has 1 aromatic heterocycles. The van der Waals surface area contributed by atoms with E-state index >= 15 is 0 Å². The number of pyridine rings is 1. The average Bonchev–Trinajstić information content (AvgIpc) is 2.92. The Morgan fingerprint density at radius 1 is 1.30 bits per heavy atom. The van der Waals surface area contributed by atoms with E-state index in [4.69, 9.17) is 31.5 Å². The summed E-state index contributed by atoms with van der Waals surface area (Å²) in [5.74, 6) is 1.67. The highest BCUT2D eigenvalue weighted by Crippen LogP contribution is 2.51. The van der Waals surface area contributed by atoms with Gasteiger partial charge in [0.15, 0.2) is 17.4 Å². The second kappa shape index (κ2) is 5.28. The fourth-order valence-corrected chi connectivity index (χ4v) is 3.32. The molecular formula is C15H11BrClN3O3. The maximum absolute atomic E-state index is 5.95. The molecule has 23 heavy (non-hydrogen) atoms. The maximum Gasteiger partial charge on any atom is 0.283 e. The van der Waals surface area contributed by atoms with E-state index in [1.807, 2.05) is 18.2 Å². The molecule has 2 aliphatic heterocycles. The quantitative estimate of drug-likeness (QED) is 0.789. The summed E-state index contributed by atoms with van der Waals surface area (Å²) < 4.78 is 17.6. The van der Waals surface area contributed by atoms with E-state index in [2.05, 4.69) is 25.9 Å². The Labute approximate surface area is 145 Å². The molecule has 0 unspecified atom stereocenters. The summed E-state index contributed by atoms with van der Waals surface area (Å²) in [5.41, 5.74) is 6.65. The Morgan fingerprint density at radius 2 is 2.13 bits per heavy atom. The van der Waals surface area contributed by atoms with Crippen molar-refractivity contribution >= 4 is 33.6 Å². The van der Waals surface area contributed by atoms with Crippen molar-refractivity contribution in [3.05, 3.63) is 46.1 Å². The molecule has 0 fully saturated rings. The number of amidine groups is 1. The zero-order chi connectivity index (χ0) is 16.0. The lowest BCUT2D eigenvalue weighted by atomic mass is 9.82. The number of aromatic nitrogens is 1. The molecule has 0 saturated heterocycles. The first-order chi connectivity index (χ1) is 11.1. The van der Waals surface area contributed by atoms with Crippen molar-refractivity contribution in [1.29, 1.82) is 0 Å². The first-order valence-corrected chi connectivity index (χ1v) is 8.10. The van der Waals surface area contributed by atoms with Gasteiger partial charge in [-0.1, -0.05) is 27.5 Å². The van der Waals surface area contributed by atoms with Gasteiger partial charge in [-0.2, -0.15) is 0 Å². The van der Waals surface area contributed by atoms with Crippen LogP contribution in [0.15, 0.2) is 39.9 Å². The number of halogens is 2. The van der Waals surface area contributed by atoms with E-state index in [0.29, 0.717) is 17.4 Å². The lowest BCUT2D eigenvalue weighted by Gasteiger charge is -2.33. The van der Waals surface area contributed by atoms with Crippen LogP contribution in [0, 0.1) is 0 Å². The highest BCUT2D eigenvalue weighted by Gasteiger charge is 2.47. The molecule has 118 valence electrons. The zero-order valence-electron chi connectivity index (χ0n) is 11.8. The van der Waals surface area contributed by atoms with Crippen molar-refractivity contribution < 1.29 is 14.2 Å². The van der Waals surface area contributed by atoms with Crippen LogP contribution >= 0.6 is 27.5 Å². The monoisotopic (exact) mass is 395 g/mol. The van der Waals surface area contributed by atoms with Gasteiger partial charge in [0.1, 0.15) is 12.4 Å². The van der Waals surface area contributed by atoms with Crippen LogP contribution in [0.25, 0.3) is 0 Å². The third-order valence-corrected chi connectivity index (χ3v) is 4.43. The number of nitrogens with two attached hydrogens (primary N) is 1. The minimum absolute atomic E-state index is 0.00366. The van der Waals surface area contributed by atoms with Crippen molar-refractivity contribution in [2.75, 3.05) is 12.7 Å². The second-order valence-corrected chi connectivity index (χ2v) is 6.25. The largest absolute Gasteiger partial charge is 0.462 e. The normalized spacial score (nSPS) is 21.0. The minimum Gasteiger partial charge on any atom is -0.462 e. The van der Waals surface area contributed by atoms with Crippen LogP contribution in [0.2, 0.25) is 0 Å². The fourth-order valence-electron chi connectivity index (χ4n) is 2.85. The van der Waals surface area contributed by atoms with E-state index < -0.39 is 5.54 Å². The minimum atomic E-state index is -0.788. The van der Waals surface area contributed by atoms with E-state index in [1.54, 1.807) is 12.3 Å². The topological polar surface area (TPSA) is 79.0 Å². The van der Waals surface area contributed by atoms with Gasteiger partial charge in [0.05, 0.1) is 6.20 Å². The Morgan fingerprint density at radius 3 is 2.87 bits per heavy atom. The van der Waals surface area contributed by atoms with Crippen molar-refractivity contribution in [2.45, 2.75) is 5.54 Å². The lowest BCUT2D eigenvalue weighted by Crippen LogP contribution is -2.31. The molecule has 0 radical (unpaired) electrons. The number of hydrogen-bond donors (Lipinski definition) is 1. The smallest absolute Gasteiger partial charge is 0.283 e. The van der Waals surface area contributed by atoms with Gasteiger partial charge in [-0.05, 0) is 18.2 Å². The third kappa shape index (κ3) is 2.22. The van der Waals surface area contributed by atoms with Crippen molar-refractivity contribution in [2.24, 2.45) is 10.7 Å². The molecule has 2 aromatic rings. The molecule has 0 aliphatic carbocycles. The number of fused-ring (bicyclic) bond motifs is 4. The first-order valence-electron chi connectivity index (χ1n) is 6.78. The summed E-state index contributed by atoms with van der Waals surface area (Å²) in [4.78, 5) is 8.74.